The molecule has 1 saturated heterocycles. The summed E-state index contributed by atoms with van der Waals surface area (Å²) < 4.78 is 43.1. The largest absolute Gasteiger partial charge is 0.491 e. The van der Waals surface area contributed by atoms with Crippen LogP contribution in [0.3, 0.4) is 0 Å². The molecule has 0 radical (unpaired) electrons. The lowest BCUT2D eigenvalue weighted by Gasteiger charge is -2.27. The fraction of sp³-hybridized carbons (Fsp3) is 0.359. The van der Waals surface area contributed by atoms with Gasteiger partial charge in [0.25, 0.3) is 11.8 Å². The van der Waals surface area contributed by atoms with Gasteiger partial charge < -0.3 is 29.7 Å². The molecule has 20 nitrogen and oxygen atoms in total. The lowest BCUT2D eigenvalue weighted by atomic mass is 10.1. The Bertz CT molecular complexity index is 2740. The molecule has 3 amide bonds. The molecule has 0 saturated carbocycles. The maximum Gasteiger partial charge on any atom is 0.276 e. The Labute approximate surface area is 344 Å². The van der Waals surface area contributed by atoms with Gasteiger partial charge in [-0.1, -0.05) is 12.2 Å². The van der Waals surface area contributed by atoms with E-state index >= 15 is 0 Å². The van der Waals surface area contributed by atoms with Gasteiger partial charge in [0.1, 0.15) is 22.7 Å². The van der Waals surface area contributed by atoms with Crippen molar-refractivity contribution in [1.29, 1.82) is 0 Å². The van der Waals surface area contributed by atoms with Crippen LogP contribution < -0.4 is 31.6 Å². The minimum absolute atomic E-state index is 0.132. The van der Waals surface area contributed by atoms with E-state index in [1.165, 1.54) is 12.1 Å². The number of rotatable bonds is 18. The first kappa shape index (κ1) is 41.7. The Hall–Kier alpha value is -6.42. The molecule has 4 aromatic heterocycles. The van der Waals surface area contributed by atoms with Crippen LogP contribution in [0.5, 0.6) is 5.75 Å². The molecule has 7 N–H and O–H groups in total. The second kappa shape index (κ2) is 17.4. The normalized spacial score (nSPS) is 13.3. The Kier molecular flexibility index (Phi) is 12.1. The van der Waals surface area contributed by atoms with Gasteiger partial charge in [-0.15, -0.1) is 0 Å². The number of sulfonamides is 1. The molecule has 0 aliphatic carbocycles. The topological polar surface area (TPSA) is 263 Å². The van der Waals surface area contributed by atoms with Crippen LogP contribution in [0.15, 0.2) is 59.5 Å². The first-order chi connectivity index (χ1) is 28.7. The predicted octanol–water partition coefficient (Wildman–Crippen LogP) is 2.70. The predicted molar refractivity (Wildman–Crippen MR) is 222 cm³/mol. The highest BCUT2D eigenvalue weighted by atomic mass is 32.2. The average molecular weight is 842 g/mol. The Morgan fingerprint density at radius 2 is 1.45 bits per heavy atom. The van der Waals surface area contributed by atoms with Crippen LogP contribution in [-0.4, -0.2) is 97.2 Å². The number of amides is 3. The van der Waals surface area contributed by atoms with Crippen LogP contribution in [0.4, 0.5) is 11.9 Å². The van der Waals surface area contributed by atoms with Crippen LogP contribution in [0.1, 0.15) is 63.0 Å². The number of allylic oxidation sites excluding steroid dienone is 2. The molecule has 0 bridgehead atoms. The second-order valence-electron chi connectivity index (χ2n) is 14.2. The molecule has 1 aliphatic rings. The van der Waals surface area contributed by atoms with Crippen molar-refractivity contribution in [2.45, 2.75) is 71.3 Å². The number of primary sulfonamides is 1. The molecule has 1 fully saturated rings. The number of nitrogens with zero attached hydrogens (tertiary/aromatic N) is 8. The summed E-state index contributed by atoms with van der Waals surface area (Å²) in [6, 6.07) is 10.7. The first-order valence-corrected chi connectivity index (χ1v) is 21.0. The second-order valence-corrected chi connectivity index (χ2v) is 15.8. The fourth-order valence-corrected chi connectivity index (χ4v) is 7.36. The molecule has 7 rings (SSSR count). The molecule has 5 heterocycles. The molecular weight excluding hydrogens is 795 g/mol. The molecule has 21 heteroatoms. The van der Waals surface area contributed by atoms with Crippen molar-refractivity contribution in [3.63, 3.8) is 0 Å². The average Bonchev–Trinajstić information content (AvgIpc) is 3.95. The fourth-order valence-electron chi connectivity index (χ4n) is 6.82. The maximum atomic E-state index is 13.7. The van der Waals surface area contributed by atoms with E-state index in [1.54, 1.807) is 62.7 Å². The summed E-state index contributed by atoms with van der Waals surface area (Å²) in [5.74, 6) is -0.909. The number of nitrogens with one attached hydrogen (secondary N) is 3. The maximum absolute atomic E-state index is 13.7. The number of ether oxygens (including phenoxy) is 2. The van der Waals surface area contributed by atoms with E-state index in [1.807, 2.05) is 26.0 Å². The number of imidazole rings is 2. The highest BCUT2D eigenvalue weighted by Crippen LogP contribution is 2.32. The summed E-state index contributed by atoms with van der Waals surface area (Å²) in [6.45, 7) is 10.9. The number of primary amides is 1. The van der Waals surface area contributed by atoms with Crippen molar-refractivity contribution < 1.29 is 32.3 Å². The number of fused-ring (bicyclic) bond motifs is 2. The lowest BCUT2D eigenvalue weighted by Crippen LogP contribution is -2.48. The molecule has 0 unspecified atom stereocenters. The number of aromatic nitrogens is 8. The van der Waals surface area contributed by atoms with Crippen molar-refractivity contribution in [2.75, 3.05) is 36.9 Å². The van der Waals surface area contributed by atoms with Crippen LogP contribution in [-0.2, 0) is 40.9 Å². The van der Waals surface area contributed by atoms with E-state index in [0.717, 1.165) is 13.1 Å². The standard InChI is InChI=1S/C39H47N13O7S/c1-5-51-31(16-23(3)47-51)36(54)45-38-43-28-20-27(60(41,56)57)10-11-30(28)49(38)12-7-8-13-50-34-29(44-39(50)46-37(55)32-17-24(4)48-52(32)6-2)18-25(35(40)53)19-33(34)59-15-9-14-58-26-21-42-22-26/h7-8,10-11,16-20,26,42H,5-6,9,12-15,21-22H2,1-4H3,(H2,40,53)(H2,41,56,57)(H,43,45,54)(H,44,46,55)/b8-7+. The molecule has 6 aromatic rings. The number of hydrogen-bond acceptors (Lipinski definition) is 12. The van der Waals surface area contributed by atoms with E-state index in [2.05, 4.69) is 31.1 Å². The number of anilines is 2. The number of nitrogens with two attached hydrogens (primary N) is 2. The minimum atomic E-state index is -4.04. The van der Waals surface area contributed by atoms with Crippen LogP contribution in [0, 0.1) is 13.8 Å². The van der Waals surface area contributed by atoms with Crippen molar-refractivity contribution in [2.24, 2.45) is 10.9 Å². The van der Waals surface area contributed by atoms with Gasteiger partial charge in [-0.25, -0.2) is 23.5 Å². The number of benzene rings is 2. The Morgan fingerprint density at radius 1 is 0.850 bits per heavy atom. The third kappa shape index (κ3) is 8.93. The van der Waals surface area contributed by atoms with E-state index in [0.29, 0.717) is 76.7 Å². The van der Waals surface area contributed by atoms with E-state index < -0.39 is 27.7 Å². The molecule has 0 spiro atoms. The van der Waals surface area contributed by atoms with Crippen molar-refractivity contribution in [1.82, 2.24) is 44.0 Å². The van der Waals surface area contributed by atoms with Gasteiger partial charge in [0.2, 0.25) is 27.8 Å². The van der Waals surface area contributed by atoms with Gasteiger partial charge >= 0.3 is 0 Å². The van der Waals surface area contributed by atoms with Crippen molar-refractivity contribution in [3.8, 4) is 5.75 Å². The Balaban J connectivity index is 1.23. The van der Waals surface area contributed by atoms with Gasteiger partial charge in [-0.3, -0.25) is 34.4 Å². The zero-order valence-electron chi connectivity index (χ0n) is 33.6. The van der Waals surface area contributed by atoms with E-state index in [4.69, 9.17) is 25.3 Å². The van der Waals surface area contributed by atoms with Crippen LogP contribution in [0.25, 0.3) is 22.1 Å². The zero-order chi connectivity index (χ0) is 42.7. The minimum Gasteiger partial charge on any atom is -0.491 e. The molecule has 1 aliphatic heterocycles. The Morgan fingerprint density at radius 3 is 2.02 bits per heavy atom. The van der Waals surface area contributed by atoms with Gasteiger partial charge in [-0.05, 0) is 70.2 Å². The molecule has 60 heavy (non-hydrogen) atoms. The summed E-state index contributed by atoms with van der Waals surface area (Å²) in [4.78, 5) is 48.9. The monoisotopic (exact) mass is 841 g/mol. The van der Waals surface area contributed by atoms with Crippen molar-refractivity contribution in [3.05, 3.63) is 83.0 Å². The third-order valence-corrected chi connectivity index (χ3v) is 10.8. The van der Waals surface area contributed by atoms with E-state index in [-0.39, 0.29) is 48.2 Å². The van der Waals surface area contributed by atoms with Gasteiger partial charge in [0.15, 0.2) is 0 Å². The summed E-state index contributed by atoms with van der Waals surface area (Å²) in [5, 5.41) is 23.2. The van der Waals surface area contributed by atoms with Crippen LogP contribution in [0.2, 0.25) is 0 Å². The van der Waals surface area contributed by atoms with Gasteiger partial charge in [0.05, 0.1) is 52.2 Å². The number of carbonyl (C=O) groups excluding carboxylic acids is 3. The summed E-state index contributed by atoms with van der Waals surface area (Å²) in [5.41, 5.74) is 9.59. The quantitative estimate of drug-likeness (QED) is 0.0618. The third-order valence-electron chi connectivity index (χ3n) is 9.85. The molecule has 316 valence electrons. The van der Waals surface area contributed by atoms with Gasteiger partial charge in [0, 0.05) is 51.3 Å². The molecular formula is C39H47N13O7S. The van der Waals surface area contributed by atoms with Gasteiger partial charge in [-0.2, -0.15) is 10.2 Å². The smallest absolute Gasteiger partial charge is 0.276 e. The van der Waals surface area contributed by atoms with Crippen LogP contribution >= 0.6 is 0 Å². The lowest BCUT2D eigenvalue weighted by molar-refractivity contribution is 0.0136. The first-order valence-electron chi connectivity index (χ1n) is 19.4. The zero-order valence-corrected chi connectivity index (χ0v) is 34.5. The summed E-state index contributed by atoms with van der Waals surface area (Å²) in [7, 11) is -4.04. The number of aryl methyl sites for hydroxylation is 4. The number of carbonyl (C=O) groups is 3. The molecule has 2 aromatic carbocycles. The highest BCUT2D eigenvalue weighted by Gasteiger charge is 2.23. The summed E-state index contributed by atoms with van der Waals surface area (Å²) in [6.07, 6.45) is 4.40. The van der Waals surface area contributed by atoms with Crippen molar-refractivity contribution >= 4 is 61.7 Å². The SMILES string of the molecule is CCn1nc(C)cc1C(=O)Nc1nc2cc(S(N)(=O)=O)ccc2n1C/C=C/Cn1c(NC(=O)c2cc(C)nn2CC)nc2cc(C(N)=O)cc(OCCCOC3CNC3)c21. The number of hydrogen-bond donors (Lipinski definition) is 5. The molecule has 0 atom stereocenters. The summed E-state index contributed by atoms with van der Waals surface area (Å²) >= 11 is 0. The van der Waals surface area contributed by atoms with E-state index in [9.17, 15) is 22.8 Å². The highest BCUT2D eigenvalue weighted by molar-refractivity contribution is 7.89.